The van der Waals surface area contributed by atoms with Gasteiger partial charge in [0, 0.05) is 22.5 Å². The first-order chi connectivity index (χ1) is 21.0. The van der Waals surface area contributed by atoms with Gasteiger partial charge in [-0.1, -0.05) is 18.7 Å². The van der Waals surface area contributed by atoms with Gasteiger partial charge in [-0.3, -0.25) is 0 Å². The number of oxazole rings is 2. The summed E-state index contributed by atoms with van der Waals surface area (Å²) in [4.78, 5) is 22.7. The molecule has 210 valence electrons. The van der Waals surface area contributed by atoms with E-state index in [9.17, 15) is 0 Å². The maximum atomic E-state index is 5.93. The predicted molar refractivity (Wildman–Crippen MR) is 169 cm³/mol. The number of hydrogen-bond donors (Lipinski definition) is 3. The van der Waals surface area contributed by atoms with E-state index in [1.54, 1.807) is 0 Å². The second kappa shape index (κ2) is 10.7. The van der Waals surface area contributed by atoms with E-state index >= 15 is 0 Å². The van der Waals surface area contributed by atoms with Crippen LogP contribution in [0.3, 0.4) is 0 Å². The highest BCUT2D eigenvalue weighted by Crippen LogP contribution is 2.28. The Morgan fingerprint density at radius 3 is 1.44 bits per heavy atom. The number of aromatic nitrogens is 5. The Morgan fingerprint density at radius 1 is 0.558 bits per heavy atom. The molecule has 3 N–H and O–H groups in total. The van der Waals surface area contributed by atoms with Crippen LogP contribution in [0.25, 0.3) is 45.1 Å². The van der Waals surface area contributed by atoms with Crippen LogP contribution in [0.1, 0.15) is 11.1 Å². The van der Waals surface area contributed by atoms with Gasteiger partial charge in [0.1, 0.15) is 11.0 Å². The molecule has 0 fully saturated rings. The monoisotopic (exact) mass is 566 g/mol. The number of nitrogens with one attached hydrogen (secondary N) is 3. The topological polar surface area (TPSA) is 127 Å². The van der Waals surface area contributed by atoms with Crippen LogP contribution in [0.5, 0.6) is 0 Å². The van der Waals surface area contributed by atoms with Crippen molar-refractivity contribution in [3.8, 4) is 22.9 Å². The molecule has 0 aliphatic heterocycles. The molecule has 0 amide bonds. The molecule has 3 aromatic heterocycles. The van der Waals surface area contributed by atoms with Crippen LogP contribution >= 0.6 is 0 Å². The van der Waals surface area contributed by atoms with Crippen LogP contribution < -0.4 is 16.0 Å². The van der Waals surface area contributed by atoms with E-state index in [2.05, 4.69) is 47.4 Å². The van der Waals surface area contributed by atoms with Crippen LogP contribution in [0.15, 0.2) is 107 Å². The lowest BCUT2D eigenvalue weighted by atomic mass is 10.2. The summed E-state index contributed by atoms with van der Waals surface area (Å²) in [6.07, 6.45) is 1.51. The molecule has 7 aromatic rings. The summed E-state index contributed by atoms with van der Waals surface area (Å²) >= 11 is 0. The molecule has 0 saturated carbocycles. The van der Waals surface area contributed by atoms with Crippen molar-refractivity contribution in [2.45, 2.75) is 13.8 Å². The first kappa shape index (κ1) is 25.9. The number of anilines is 5. The van der Waals surface area contributed by atoms with Crippen molar-refractivity contribution in [1.29, 1.82) is 0 Å². The van der Waals surface area contributed by atoms with Crippen LogP contribution in [0.4, 0.5) is 29.2 Å². The van der Waals surface area contributed by atoms with Gasteiger partial charge in [-0.25, -0.2) is 9.97 Å². The van der Waals surface area contributed by atoms with Crippen molar-refractivity contribution in [3.63, 3.8) is 0 Å². The molecule has 0 saturated heterocycles. The highest BCUT2D eigenvalue weighted by molar-refractivity contribution is 5.78. The Hall–Kier alpha value is -6.03. The summed E-state index contributed by atoms with van der Waals surface area (Å²) in [6.45, 7) is 7.78. The SMILES string of the molecule is C=CNc1nc(Nc2ccc(-c3nc4cc(C)ccc4o3)cc2)nc(Nc2ccc(-c3nc4cc(C)ccc4o3)cc2)n1. The summed E-state index contributed by atoms with van der Waals surface area (Å²) in [5.74, 6) is 2.17. The molecule has 0 atom stereocenters. The van der Waals surface area contributed by atoms with Gasteiger partial charge in [0.25, 0.3) is 0 Å². The number of hydrogen-bond acceptors (Lipinski definition) is 10. The molecule has 0 spiro atoms. The number of nitrogens with zero attached hydrogens (tertiary/aromatic N) is 5. The molecule has 43 heavy (non-hydrogen) atoms. The Bertz CT molecular complexity index is 1950. The Balaban J connectivity index is 1.09. The summed E-state index contributed by atoms with van der Waals surface area (Å²) < 4.78 is 11.9. The number of aryl methyl sites for hydroxylation is 2. The van der Waals surface area contributed by atoms with Crippen molar-refractivity contribution in [1.82, 2.24) is 24.9 Å². The Labute approximate surface area is 246 Å². The molecule has 10 heteroatoms. The van der Waals surface area contributed by atoms with Crippen LogP contribution in [0, 0.1) is 13.8 Å². The van der Waals surface area contributed by atoms with Crippen molar-refractivity contribution in [3.05, 3.63) is 109 Å². The molecule has 3 heterocycles. The van der Waals surface area contributed by atoms with E-state index in [0.717, 1.165) is 55.8 Å². The van der Waals surface area contributed by atoms with Gasteiger partial charge in [0.15, 0.2) is 11.2 Å². The van der Waals surface area contributed by atoms with E-state index < -0.39 is 0 Å². The van der Waals surface area contributed by atoms with Crippen molar-refractivity contribution >= 4 is 51.4 Å². The Kier molecular flexibility index (Phi) is 6.48. The fourth-order valence-corrected chi connectivity index (χ4v) is 4.62. The average molecular weight is 567 g/mol. The zero-order valence-corrected chi connectivity index (χ0v) is 23.4. The zero-order valence-electron chi connectivity index (χ0n) is 23.4. The van der Waals surface area contributed by atoms with E-state index in [1.807, 2.05) is 98.8 Å². The lowest BCUT2D eigenvalue weighted by molar-refractivity contribution is 0.619. The fourth-order valence-electron chi connectivity index (χ4n) is 4.62. The molecule has 0 aliphatic rings. The van der Waals surface area contributed by atoms with Crippen molar-refractivity contribution in [2.75, 3.05) is 16.0 Å². The normalized spacial score (nSPS) is 11.1. The molecular formula is C33H26N8O2. The Morgan fingerprint density at radius 2 is 1.00 bits per heavy atom. The van der Waals surface area contributed by atoms with E-state index in [4.69, 9.17) is 8.83 Å². The smallest absolute Gasteiger partial charge is 0.233 e. The van der Waals surface area contributed by atoms with Crippen molar-refractivity contribution in [2.24, 2.45) is 0 Å². The second-order valence-corrected chi connectivity index (χ2v) is 10.0. The lowest BCUT2D eigenvalue weighted by Gasteiger charge is -2.10. The third-order valence-corrected chi connectivity index (χ3v) is 6.73. The quantitative estimate of drug-likeness (QED) is 0.166. The first-order valence-corrected chi connectivity index (χ1v) is 13.6. The number of rotatable bonds is 8. The van der Waals surface area contributed by atoms with Gasteiger partial charge in [-0.2, -0.15) is 15.0 Å². The highest BCUT2D eigenvalue weighted by Gasteiger charge is 2.12. The minimum absolute atomic E-state index is 0.340. The molecule has 0 aliphatic carbocycles. The fraction of sp³-hybridized carbons (Fsp3) is 0.0606. The third kappa shape index (κ3) is 5.49. The summed E-state index contributed by atoms with van der Waals surface area (Å²) in [7, 11) is 0. The number of benzene rings is 4. The van der Waals surface area contributed by atoms with Gasteiger partial charge in [-0.05, 0) is 104 Å². The molecule has 0 unspecified atom stereocenters. The summed E-state index contributed by atoms with van der Waals surface area (Å²) in [5, 5.41) is 9.42. The highest BCUT2D eigenvalue weighted by atomic mass is 16.4. The number of fused-ring (bicyclic) bond motifs is 2. The molecule has 4 aromatic carbocycles. The average Bonchev–Trinajstić information content (AvgIpc) is 3.62. The maximum absolute atomic E-state index is 5.93. The van der Waals surface area contributed by atoms with Gasteiger partial charge >= 0.3 is 0 Å². The molecular weight excluding hydrogens is 540 g/mol. The van der Waals surface area contributed by atoms with Gasteiger partial charge in [-0.15, -0.1) is 0 Å². The lowest BCUT2D eigenvalue weighted by Crippen LogP contribution is -2.06. The van der Waals surface area contributed by atoms with Gasteiger partial charge in [0.05, 0.1) is 0 Å². The molecule has 7 rings (SSSR count). The van der Waals surface area contributed by atoms with Crippen LogP contribution in [-0.4, -0.2) is 24.9 Å². The largest absolute Gasteiger partial charge is 0.436 e. The van der Waals surface area contributed by atoms with E-state index in [0.29, 0.717) is 29.6 Å². The van der Waals surface area contributed by atoms with E-state index in [-0.39, 0.29) is 0 Å². The third-order valence-electron chi connectivity index (χ3n) is 6.73. The predicted octanol–water partition coefficient (Wildman–Crippen LogP) is 8.15. The maximum Gasteiger partial charge on any atom is 0.233 e. The second-order valence-electron chi connectivity index (χ2n) is 10.0. The molecule has 0 bridgehead atoms. The first-order valence-electron chi connectivity index (χ1n) is 13.6. The summed E-state index contributed by atoms with van der Waals surface area (Å²) in [6, 6.07) is 27.3. The zero-order chi connectivity index (χ0) is 29.3. The van der Waals surface area contributed by atoms with Crippen molar-refractivity contribution < 1.29 is 8.83 Å². The molecule has 10 nitrogen and oxygen atoms in total. The standard InChI is InChI=1S/C33H26N8O2/c1-4-34-31-39-32(35-23-11-7-21(8-12-23)29-37-25-17-19(2)5-15-27(25)42-29)41-33(40-31)36-24-13-9-22(10-14-24)30-38-26-18-20(3)6-16-28(26)43-30/h4-18H,1H2,2-3H3,(H3,34,35,36,39,40,41). The van der Waals surface area contributed by atoms with Gasteiger partial charge in [0.2, 0.25) is 29.6 Å². The minimum Gasteiger partial charge on any atom is -0.436 e. The van der Waals surface area contributed by atoms with Gasteiger partial charge < -0.3 is 24.8 Å². The van der Waals surface area contributed by atoms with Crippen LogP contribution in [0.2, 0.25) is 0 Å². The van der Waals surface area contributed by atoms with E-state index in [1.165, 1.54) is 6.20 Å². The van der Waals surface area contributed by atoms with Crippen LogP contribution in [-0.2, 0) is 0 Å². The summed E-state index contributed by atoms with van der Waals surface area (Å²) in [5.41, 5.74) is 8.75. The minimum atomic E-state index is 0.340. The molecule has 0 radical (unpaired) electrons.